The van der Waals surface area contributed by atoms with E-state index in [2.05, 4.69) is 17.2 Å². The van der Waals surface area contributed by atoms with Crippen molar-refractivity contribution in [1.82, 2.24) is 4.98 Å². The van der Waals surface area contributed by atoms with Crippen LogP contribution in [0, 0.1) is 30.9 Å². The van der Waals surface area contributed by atoms with Crippen molar-refractivity contribution in [1.29, 1.82) is 0 Å². The maximum absolute atomic E-state index is 10.8. The van der Waals surface area contributed by atoms with Crippen molar-refractivity contribution in [3.05, 3.63) is 49.5 Å². The van der Waals surface area contributed by atoms with E-state index in [1.165, 1.54) is 10.9 Å². The van der Waals surface area contributed by atoms with Gasteiger partial charge in [0.2, 0.25) is 0 Å². The van der Waals surface area contributed by atoms with Crippen LogP contribution in [-0.2, 0) is 0 Å². The molecule has 106 valence electrons. The normalized spacial score (nSPS) is 12.2. The summed E-state index contributed by atoms with van der Waals surface area (Å²) in [4.78, 5) is 16.2. The van der Waals surface area contributed by atoms with E-state index >= 15 is 0 Å². The molecule has 2 rings (SSSR count). The maximum atomic E-state index is 10.8. The van der Waals surface area contributed by atoms with Gasteiger partial charge in [0.1, 0.15) is 0 Å². The molecule has 6 heteroatoms. The van der Waals surface area contributed by atoms with Crippen molar-refractivity contribution in [3.63, 3.8) is 0 Å². The first-order valence-electron chi connectivity index (χ1n) is 6.34. The fourth-order valence-corrected chi connectivity index (χ4v) is 3.13. The molecule has 0 saturated carbocycles. The Bertz CT molecular complexity index is 652. The second-order valence-corrected chi connectivity index (χ2v) is 6.21. The van der Waals surface area contributed by atoms with Gasteiger partial charge in [-0.25, -0.2) is 4.98 Å². The lowest BCUT2D eigenvalue weighted by molar-refractivity contribution is -0.385. The first kappa shape index (κ1) is 14.5. The van der Waals surface area contributed by atoms with Crippen LogP contribution in [0.2, 0.25) is 0 Å². The molecule has 0 amide bonds. The van der Waals surface area contributed by atoms with E-state index in [9.17, 15) is 10.1 Å². The van der Waals surface area contributed by atoms with Gasteiger partial charge in [-0.3, -0.25) is 10.1 Å². The summed E-state index contributed by atoms with van der Waals surface area (Å²) in [7, 11) is 0. The number of aryl methyl sites for hydroxylation is 3. The number of hydrogen-bond donors (Lipinski definition) is 1. The van der Waals surface area contributed by atoms with Crippen molar-refractivity contribution in [2.45, 2.75) is 33.7 Å². The minimum absolute atomic E-state index is 0.0702. The fraction of sp³-hybridized carbons (Fsp3) is 0.357. The lowest BCUT2D eigenvalue weighted by atomic mass is 10.1. The Hall–Kier alpha value is -1.95. The molecule has 20 heavy (non-hydrogen) atoms. The first-order valence-corrected chi connectivity index (χ1v) is 7.15. The minimum Gasteiger partial charge on any atom is -0.377 e. The highest BCUT2D eigenvalue weighted by Gasteiger charge is 2.15. The van der Waals surface area contributed by atoms with E-state index in [0.717, 1.165) is 16.4 Å². The molecule has 0 aliphatic heterocycles. The van der Waals surface area contributed by atoms with Crippen LogP contribution in [0.3, 0.4) is 0 Å². The van der Waals surface area contributed by atoms with E-state index in [4.69, 9.17) is 0 Å². The molecule has 1 unspecified atom stereocenters. The first-order chi connectivity index (χ1) is 9.38. The van der Waals surface area contributed by atoms with Gasteiger partial charge in [-0.15, -0.1) is 11.3 Å². The average molecular weight is 291 g/mol. The number of rotatable bonds is 4. The Balaban J connectivity index is 2.20. The third-order valence-electron chi connectivity index (χ3n) is 3.13. The van der Waals surface area contributed by atoms with Crippen molar-refractivity contribution in [2.24, 2.45) is 0 Å². The molecule has 1 aromatic heterocycles. The second kappa shape index (κ2) is 5.58. The van der Waals surface area contributed by atoms with Crippen LogP contribution in [0.1, 0.15) is 34.1 Å². The van der Waals surface area contributed by atoms with Crippen LogP contribution in [0.4, 0.5) is 11.4 Å². The topological polar surface area (TPSA) is 68.1 Å². The molecule has 5 nitrogen and oxygen atoms in total. The number of nitro groups is 1. The van der Waals surface area contributed by atoms with Gasteiger partial charge in [-0.2, -0.15) is 0 Å². The molecule has 0 radical (unpaired) electrons. The van der Waals surface area contributed by atoms with Crippen molar-refractivity contribution < 1.29 is 4.92 Å². The largest absolute Gasteiger partial charge is 0.377 e. The number of aromatic nitrogens is 1. The number of nitrogens with zero attached hydrogens (tertiary/aromatic N) is 2. The number of thiazole rings is 1. The van der Waals surface area contributed by atoms with Crippen LogP contribution in [0.25, 0.3) is 0 Å². The van der Waals surface area contributed by atoms with Gasteiger partial charge in [0.15, 0.2) is 0 Å². The number of benzene rings is 1. The summed E-state index contributed by atoms with van der Waals surface area (Å²) in [6, 6.07) is 5.13. The van der Waals surface area contributed by atoms with Gasteiger partial charge < -0.3 is 5.32 Å². The molecule has 2 aromatic rings. The Morgan fingerprint density at radius 2 is 2.05 bits per heavy atom. The van der Waals surface area contributed by atoms with Gasteiger partial charge in [0, 0.05) is 22.2 Å². The molecule has 0 fully saturated rings. The van der Waals surface area contributed by atoms with Crippen LogP contribution < -0.4 is 5.32 Å². The monoisotopic (exact) mass is 291 g/mol. The summed E-state index contributed by atoms with van der Waals surface area (Å²) in [5.41, 5.74) is 2.69. The molecule has 0 aliphatic rings. The van der Waals surface area contributed by atoms with Gasteiger partial charge in [-0.05, 0) is 39.8 Å². The van der Waals surface area contributed by atoms with Gasteiger partial charge in [0.25, 0.3) is 5.69 Å². The third kappa shape index (κ3) is 2.96. The minimum atomic E-state index is -0.365. The number of anilines is 1. The molecular formula is C14H17N3O2S. The molecule has 0 spiro atoms. The third-order valence-corrected chi connectivity index (χ3v) is 4.03. The Kier molecular flexibility index (Phi) is 4.04. The summed E-state index contributed by atoms with van der Waals surface area (Å²) in [5.74, 6) is 0. The molecule has 0 bridgehead atoms. The molecule has 0 saturated heterocycles. The summed E-state index contributed by atoms with van der Waals surface area (Å²) in [5, 5.41) is 15.2. The summed E-state index contributed by atoms with van der Waals surface area (Å²) < 4.78 is 0. The highest BCUT2D eigenvalue weighted by molar-refractivity contribution is 7.11. The lowest BCUT2D eigenvalue weighted by Gasteiger charge is -2.14. The van der Waals surface area contributed by atoms with Crippen LogP contribution >= 0.6 is 11.3 Å². The van der Waals surface area contributed by atoms with Crippen molar-refractivity contribution >= 4 is 22.7 Å². The highest BCUT2D eigenvalue weighted by atomic mass is 32.1. The van der Waals surface area contributed by atoms with E-state index in [0.29, 0.717) is 5.56 Å². The maximum Gasteiger partial charge on any atom is 0.272 e. The average Bonchev–Trinajstić information content (AvgIpc) is 2.68. The fourth-order valence-electron chi connectivity index (χ4n) is 2.22. The quantitative estimate of drug-likeness (QED) is 0.678. The van der Waals surface area contributed by atoms with E-state index in [1.807, 2.05) is 13.8 Å². The zero-order valence-electron chi connectivity index (χ0n) is 11.9. The number of hydrogen-bond acceptors (Lipinski definition) is 5. The number of nitro benzene ring substituents is 1. The van der Waals surface area contributed by atoms with E-state index in [-0.39, 0.29) is 16.7 Å². The van der Waals surface area contributed by atoms with Crippen LogP contribution in [-0.4, -0.2) is 9.91 Å². The van der Waals surface area contributed by atoms with E-state index in [1.54, 1.807) is 30.4 Å². The summed E-state index contributed by atoms with van der Waals surface area (Å²) >= 11 is 1.68. The molecule has 1 N–H and O–H groups in total. The van der Waals surface area contributed by atoms with Gasteiger partial charge in [-0.1, -0.05) is 0 Å². The zero-order chi connectivity index (χ0) is 14.9. The molecular weight excluding hydrogens is 274 g/mol. The smallest absolute Gasteiger partial charge is 0.272 e. The zero-order valence-corrected chi connectivity index (χ0v) is 12.7. The number of nitrogens with one attached hydrogen (secondary N) is 1. The standard InChI is InChI=1S/C14H17N3O2S/c1-8-7-12(5-6-13(8)17(18)19)15-9(2)14-10(3)20-11(4)16-14/h5-7,9,15H,1-4H3. The van der Waals surface area contributed by atoms with Crippen LogP contribution in [0.15, 0.2) is 18.2 Å². The highest BCUT2D eigenvalue weighted by Crippen LogP contribution is 2.27. The summed E-state index contributed by atoms with van der Waals surface area (Å²) in [6.45, 7) is 7.83. The predicted molar refractivity (Wildman–Crippen MR) is 81.5 cm³/mol. The van der Waals surface area contributed by atoms with Crippen molar-refractivity contribution in [2.75, 3.05) is 5.32 Å². The van der Waals surface area contributed by atoms with Gasteiger partial charge in [0.05, 0.1) is 21.7 Å². The second-order valence-electron chi connectivity index (χ2n) is 4.80. The predicted octanol–water partition coefficient (Wildman–Crippen LogP) is 4.15. The molecule has 1 atom stereocenters. The lowest BCUT2D eigenvalue weighted by Crippen LogP contribution is -2.08. The molecule has 1 heterocycles. The Morgan fingerprint density at radius 3 is 2.55 bits per heavy atom. The van der Waals surface area contributed by atoms with Crippen LogP contribution in [0.5, 0.6) is 0 Å². The van der Waals surface area contributed by atoms with Gasteiger partial charge >= 0.3 is 0 Å². The molecule has 1 aromatic carbocycles. The Morgan fingerprint density at radius 1 is 1.35 bits per heavy atom. The Labute approximate surface area is 121 Å². The van der Waals surface area contributed by atoms with Crippen molar-refractivity contribution in [3.8, 4) is 0 Å². The molecule has 0 aliphatic carbocycles. The summed E-state index contributed by atoms with van der Waals surface area (Å²) in [6.07, 6.45) is 0. The van der Waals surface area contributed by atoms with E-state index < -0.39 is 0 Å². The SMILES string of the molecule is Cc1nc(C(C)Nc2ccc([N+](=O)[O-])c(C)c2)c(C)s1.